The van der Waals surface area contributed by atoms with Gasteiger partial charge >= 0.3 is 5.97 Å². The number of rotatable bonds is 8. The van der Waals surface area contributed by atoms with Gasteiger partial charge in [-0.25, -0.2) is 4.79 Å². The van der Waals surface area contributed by atoms with E-state index in [9.17, 15) is 9.90 Å². The molecule has 0 spiro atoms. The van der Waals surface area contributed by atoms with Gasteiger partial charge in [-0.05, 0) is 34.5 Å². The van der Waals surface area contributed by atoms with Crippen LogP contribution in [-0.2, 0) is 11.3 Å². The second-order valence-electron chi connectivity index (χ2n) is 7.03. The van der Waals surface area contributed by atoms with Crippen molar-refractivity contribution in [1.29, 1.82) is 0 Å². The molecule has 0 radical (unpaired) electrons. The van der Waals surface area contributed by atoms with E-state index in [1.54, 1.807) is 18.2 Å². The van der Waals surface area contributed by atoms with E-state index in [0.717, 1.165) is 21.9 Å². The Labute approximate surface area is 180 Å². The SMILES string of the molecule is O=C(COc1ccccc1)Oc1ccc2ccccc2c1CNC(O)c1ccccc1. The minimum Gasteiger partial charge on any atom is -0.482 e. The molecule has 0 bridgehead atoms. The maximum Gasteiger partial charge on any atom is 0.349 e. The lowest BCUT2D eigenvalue weighted by molar-refractivity contribution is -0.136. The molecular formula is C26H23NO4. The average Bonchev–Trinajstić information content (AvgIpc) is 2.83. The van der Waals surface area contributed by atoms with Gasteiger partial charge in [-0.15, -0.1) is 0 Å². The molecule has 1 atom stereocenters. The minimum atomic E-state index is -0.842. The highest BCUT2D eigenvalue weighted by molar-refractivity contribution is 5.88. The third kappa shape index (κ3) is 5.28. The number of aliphatic hydroxyl groups excluding tert-OH is 1. The summed E-state index contributed by atoms with van der Waals surface area (Å²) < 4.78 is 11.1. The number of esters is 1. The molecule has 0 fully saturated rings. The van der Waals surface area contributed by atoms with E-state index in [1.165, 1.54) is 0 Å². The largest absolute Gasteiger partial charge is 0.482 e. The van der Waals surface area contributed by atoms with Crippen LogP contribution < -0.4 is 14.8 Å². The van der Waals surface area contributed by atoms with Crippen molar-refractivity contribution >= 4 is 16.7 Å². The Morgan fingerprint density at radius 2 is 1.52 bits per heavy atom. The number of carbonyl (C=O) groups is 1. The molecule has 0 aromatic heterocycles. The van der Waals surface area contributed by atoms with E-state index < -0.39 is 12.2 Å². The number of ether oxygens (including phenoxy) is 2. The fourth-order valence-corrected chi connectivity index (χ4v) is 3.36. The molecule has 4 aromatic rings. The smallest absolute Gasteiger partial charge is 0.349 e. The molecular weight excluding hydrogens is 390 g/mol. The molecule has 0 heterocycles. The summed E-state index contributed by atoms with van der Waals surface area (Å²) in [5.74, 6) is 0.544. The number of carbonyl (C=O) groups excluding carboxylic acids is 1. The molecule has 31 heavy (non-hydrogen) atoms. The summed E-state index contributed by atoms with van der Waals surface area (Å²) in [7, 11) is 0. The second-order valence-corrected chi connectivity index (χ2v) is 7.03. The van der Waals surface area contributed by atoms with Crippen LogP contribution >= 0.6 is 0 Å². The monoisotopic (exact) mass is 413 g/mol. The van der Waals surface area contributed by atoms with E-state index in [0.29, 0.717) is 18.0 Å². The van der Waals surface area contributed by atoms with Gasteiger partial charge in [0.15, 0.2) is 6.61 Å². The number of fused-ring (bicyclic) bond motifs is 1. The molecule has 0 saturated heterocycles. The lowest BCUT2D eigenvalue weighted by atomic mass is 10.0. The van der Waals surface area contributed by atoms with Crippen molar-refractivity contribution in [3.05, 3.63) is 108 Å². The number of hydrogen-bond donors (Lipinski definition) is 2. The summed E-state index contributed by atoms with van der Waals surface area (Å²) in [5.41, 5.74) is 1.55. The molecule has 0 aliphatic carbocycles. The van der Waals surface area contributed by atoms with Crippen LogP contribution in [0.2, 0.25) is 0 Å². The standard InChI is InChI=1S/C26H23NO4/c28-25(18-30-21-12-5-2-6-13-21)31-24-16-15-19-9-7-8-14-22(19)23(24)17-27-26(29)20-10-3-1-4-11-20/h1-16,26-27,29H,17-18H2. The molecule has 2 N–H and O–H groups in total. The minimum absolute atomic E-state index is 0.198. The zero-order chi connectivity index (χ0) is 21.5. The molecule has 5 nitrogen and oxygen atoms in total. The number of aliphatic hydroxyl groups is 1. The molecule has 0 saturated carbocycles. The molecule has 5 heteroatoms. The second kappa shape index (κ2) is 9.89. The maximum absolute atomic E-state index is 12.4. The maximum atomic E-state index is 12.4. The molecule has 4 rings (SSSR count). The first-order valence-electron chi connectivity index (χ1n) is 10.1. The Morgan fingerprint density at radius 1 is 0.839 bits per heavy atom. The van der Waals surface area contributed by atoms with Gasteiger partial charge < -0.3 is 14.6 Å². The van der Waals surface area contributed by atoms with Crippen LogP contribution in [0.3, 0.4) is 0 Å². The van der Waals surface area contributed by atoms with Crippen LogP contribution in [0.1, 0.15) is 17.4 Å². The number of para-hydroxylation sites is 1. The highest BCUT2D eigenvalue weighted by atomic mass is 16.6. The van der Waals surface area contributed by atoms with Crippen LogP contribution in [0.4, 0.5) is 0 Å². The fourth-order valence-electron chi connectivity index (χ4n) is 3.36. The average molecular weight is 413 g/mol. The highest BCUT2D eigenvalue weighted by Gasteiger charge is 2.15. The van der Waals surface area contributed by atoms with Gasteiger partial charge in [0.05, 0.1) is 0 Å². The number of hydrogen-bond acceptors (Lipinski definition) is 5. The number of nitrogens with one attached hydrogen (secondary N) is 1. The van der Waals surface area contributed by atoms with Crippen LogP contribution in [0.25, 0.3) is 10.8 Å². The zero-order valence-corrected chi connectivity index (χ0v) is 16.9. The van der Waals surface area contributed by atoms with Crippen LogP contribution in [-0.4, -0.2) is 17.7 Å². The van der Waals surface area contributed by atoms with Gasteiger partial charge in [-0.3, -0.25) is 5.32 Å². The zero-order valence-electron chi connectivity index (χ0n) is 16.9. The van der Waals surface area contributed by atoms with Crippen molar-refractivity contribution in [3.63, 3.8) is 0 Å². The third-order valence-electron chi connectivity index (χ3n) is 4.91. The van der Waals surface area contributed by atoms with Gasteiger partial charge in [0.2, 0.25) is 0 Å². The van der Waals surface area contributed by atoms with E-state index in [4.69, 9.17) is 9.47 Å². The first kappa shape index (κ1) is 20.6. The van der Waals surface area contributed by atoms with E-state index in [1.807, 2.05) is 78.9 Å². The first-order valence-corrected chi connectivity index (χ1v) is 10.1. The molecule has 4 aromatic carbocycles. The van der Waals surface area contributed by atoms with Crippen LogP contribution in [0.5, 0.6) is 11.5 Å². The van der Waals surface area contributed by atoms with Gasteiger partial charge in [0.1, 0.15) is 17.7 Å². The Kier molecular flexibility index (Phi) is 6.57. The van der Waals surface area contributed by atoms with Gasteiger partial charge in [-0.2, -0.15) is 0 Å². The lowest BCUT2D eigenvalue weighted by Crippen LogP contribution is -2.22. The topological polar surface area (TPSA) is 67.8 Å². The molecule has 1 unspecified atom stereocenters. The summed E-state index contributed by atoms with van der Waals surface area (Å²) in [6.07, 6.45) is -0.842. The summed E-state index contributed by atoms with van der Waals surface area (Å²) >= 11 is 0. The molecule has 156 valence electrons. The molecule has 0 amide bonds. The lowest BCUT2D eigenvalue weighted by Gasteiger charge is -2.17. The van der Waals surface area contributed by atoms with Crippen molar-refractivity contribution in [2.75, 3.05) is 6.61 Å². The quantitative estimate of drug-likeness (QED) is 0.251. The van der Waals surface area contributed by atoms with E-state index >= 15 is 0 Å². The van der Waals surface area contributed by atoms with Crippen LogP contribution in [0.15, 0.2) is 97.1 Å². The van der Waals surface area contributed by atoms with Crippen molar-refractivity contribution in [3.8, 4) is 11.5 Å². The van der Waals surface area contributed by atoms with Gasteiger partial charge in [0, 0.05) is 12.1 Å². The van der Waals surface area contributed by atoms with Gasteiger partial charge in [0.25, 0.3) is 0 Å². The predicted molar refractivity (Wildman–Crippen MR) is 120 cm³/mol. The van der Waals surface area contributed by atoms with Crippen LogP contribution in [0, 0.1) is 0 Å². The summed E-state index contributed by atoms with van der Waals surface area (Å²) in [5, 5.41) is 15.6. The van der Waals surface area contributed by atoms with Crippen molar-refractivity contribution < 1.29 is 19.4 Å². The Hall–Kier alpha value is -3.67. The van der Waals surface area contributed by atoms with E-state index in [2.05, 4.69) is 5.32 Å². The first-order chi connectivity index (χ1) is 15.2. The van der Waals surface area contributed by atoms with E-state index in [-0.39, 0.29) is 6.61 Å². The Morgan fingerprint density at radius 3 is 2.29 bits per heavy atom. The Bertz CT molecular complexity index is 1150. The predicted octanol–water partition coefficient (Wildman–Crippen LogP) is 4.60. The van der Waals surface area contributed by atoms with Crippen molar-refractivity contribution in [2.45, 2.75) is 12.8 Å². The molecule has 0 aliphatic heterocycles. The molecule has 0 aliphatic rings. The number of benzene rings is 4. The highest BCUT2D eigenvalue weighted by Crippen LogP contribution is 2.29. The van der Waals surface area contributed by atoms with Crippen molar-refractivity contribution in [1.82, 2.24) is 5.32 Å². The summed E-state index contributed by atoms with van der Waals surface area (Å²) in [6, 6.07) is 30.0. The Balaban J connectivity index is 1.51. The van der Waals surface area contributed by atoms with Gasteiger partial charge in [-0.1, -0.05) is 78.9 Å². The third-order valence-corrected chi connectivity index (χ3v) is 4.91. The fraction of sp³-hybridized carbons (Fsp3) is 0.115. The normalized spacial score (nSPS) is 11.8. The van der Waals surface area contributed by atoms with Crippen molar-refractivity contribution in [2.24, 2.45) is 0 Å². The summed E-state index contributed by atoms with van der Waals surface area (Å²) in [6.45, 7) is 0.121. The summed E-state index contributed by atoms with van der Waals surface area (Å²) in [4.78, 5) is 12.4.